The van der Waals surface area contributed by atoms with E-state index in [4.69, 9.17) is 25.8 Å². The average molecular weight is 496 g/mol. The molecule has 0 saturated heterocycles. The summed E-state index contributed by atoms with van der Waals surface area (Å²) in [5.41, 5.74) is 1.83. The van der Waals surface area contributed by atoms with Gasteiger partial charge in [-0.25, -0.2) is 19.4 Å². The number of halogens is 1. The van der Waals surface area contributed by atoms with Crippen LogP contribution in [0.4, 0.5) is 4.79 Å². The molecule has 35 heavy (non-hydrogen) atoms. The Morgan fingerprint density at radius 1 is 1.03 bits per heavy atom. The van der Waals surface area contributed by atoms with Gasteiger partial charge in [-0.3, -0.25) is 0 Å². The van der Waals surface area contributed by atoms with Gasteiger partial charge in [-0.15, -0.1) is 0 Å². The minimum absolute atomic E-state index is 0.133. The minimum atomic E-state index is -0.807. The molecule has 0 radical (unpaired) electrons. The first-order valence-electron chi connectivity index (χ1n) is 10.7. The minimum Gasteiger partial charge on any atom is -0.497 e. The number of pyridine rings is 1. The largest absolute Gasteiger partial charge is 0.497 e. The molecule has 1 aliphatic rings. The number of rotatable bonds is 7. The fraction of sp³-hybridized carbons (Fsp3) is 0.200. The van der Waals surface area contributed by atoms with Crippen molar-refractivity contribution in [1.29, 1.82) is 0 Å². The van der Waals surface area contributed by atoms with Gasteiger partial charge in [-0.05, 0) is 55.0 Å². The van der Waals surface area contributed by atoms with E-state index in [1.807, 2.05) is 0 Å². The van der Waals surface area contributed by atoms with E-state index in [1.165, 1.54) is 0 Å². The Balaban J connectivity index is 1.62. The van der Waals surface area contributed by atoms with Crippen LogP contribution in [0.2, 0.25) is 5.15 Å². The second-order valence-corrected chi connectivity index (χ2v) is 7.92. The molecule has 2 heterocycles. The van der Waals surface area contributed by atoms with Crippen LogP contribution < -0.4 is 15.4 Å². The van der Waals surface area contributed by atoms with E-state index in [1.54, 1.807) is 68.6 Å². The number of hydrogen-bond donors (Lipinski definition) is 2. The third kappa shape index (κ3) is 5.36. The summed E-state index contributed by atoms with van der Waals surface area (Å²) in [4.78, 5) is 42.2. The van der Waals surface area contributed by atoms with Gasteiger partial charge in [0.25, 0.3) is 0 Å². The van der Waals surface area contributed by atoms with Crippen LogP contribution in [-0.2, 0) is 14.3 Å². The number of carbonyl (C=O) groups is 3. The highest BCUT2D eigenvalue weighted by Gasteiger charge is 2.34. The van der Waals surface area contributed by atoms with Crippen molar-refractivity contribution in [1.82, 2.24) is 15.6 Å². The molecule has 0 spiro atoms. The quantitative estimate of drug-likeness (QED) is 0.377. The van der Waals surface area contributed by atoms with Crippen LogP contribution in [0.15, 0.2) is 65.9 Å². The smallest absolute Gasteiger partial charge is 0.338 e. The van der Waals surface area contributed by atoms with E-state index < -0.39 is 24.0 Å². The van der Waals surface area contributed by atoms with E-state index in [0.717, 1.165) is 0 Å². The zero-order chi connectivity index (χ0) is 24.9. The number of carbonyl (C=O) groups excluding carboxylic acids is 3. The summed E-state index contributed by atoms with van der Waals surface area (Å²) in [5, 5.41) is 6.36. The summed E-state index contributed by atoms with van der Waals surface area (Å²) >= 11 is 5.91. The van der Waals surface area contributed by atoms with E-state index in [2.05, 4.69) is 15.6 Å². The molecule has 2 aromatic carbocycles. The molecule has 4 rings (SSSR count). The fourth-order valence-corrected chi connectivity index (χ4v) is 3.83. The third-order valence-electron chi connectivity index (χ3n) is 5.34. The summed E-state index contributed by atoms with van der Waals surface area (Å²) in [6.07, 6.45) is 0. The maximum atomic E-state index is 12.9. The van der Waals surface area contributed by atoms with Crippen molar-refractivity contribution in [2.45, 2.75) is 13.0 Å². The molecule has 0 fully saturated rings. The zero-order valence-corrected chi connectivity index (χ0v) is 19.7. The van der Waals surface area contributed by atoms with E-state index in [9.17, 15) is 14.4 Å². The molecule has 180 valence electrons. The standard InChI is InChI=1S/C25H22ClN3O6/c1-3-34-24(31)21-19(28-25(32)29-22(21)14-4-8-17(33-2)9-5-14)13-35-23(30)16-6-10-18-15(12-16)7-11-20(26)27-18/h4-12,22H,3,13H2,1-2H3,(H2,28,29,32). The maximum Gasteiger partial charge on any atom is 0.338 e. The Kier molecular flexibility index (Phi) is 7.17. The van der Waals surface area contributed by atoms with Gasteiger partial charge in [0.15, 0.2) is 0 Å². The Labute approximate surface area is 206 Å². The topological polar surface area (TPSA) is 116 Å². The van der Waals surface area contributed by atoms with E-state index in [0.29, 0.717) is 27.4 Å². The van der Waals surface area contributed by atoms with Crippen molar-refractivity contribution in [2.75, 3.05) is 20.3 Å². The molecule has 1 aliphatic heterocycles. The van der Waals surface area contributed by atoms with Gasteiger partial charge in [-0.2, -0.15) is 0 Å². The van der Waals surface area contributed by atoms with Crippen LogP contribution >= 0.6 is 11.6 Å². The van der Waals surface area contributed by atoms with Crippen molar-refractivity contribution in [2.24, 2.45) is 0 Å². The average Bonchev–Trinajstić information content (AvgIpc) is 2.86. The lowest BCUT2D eigenvalue weighted by atomic mass is 9.95. The Morgan fingerprint density at radius 3 is 2.51 bits per heavy atom. The number of aromatic nitrogens is 1. The highest BCUT2D eigenvalue weighted by molar-refractivity contribution is 6.29. The zero-order valence-electron chi connectivity index (χ0n) is 19.0. The fourth-order valence-electron chi connectivity index (χ4n) is 3.68. The van der Waals surface area contributed by atoms with E-state index in [-0.39, 0.29) is 30.0 Å². The maximum absolute atomic E-state index is 12.9. The van der Waals surface area contributed by atoms with Gasteiger partial charge in [0.2, 0.25) is 0 Å². The second-order valence-electron chi connectivity index (χ2n) is 7.53. The number of benzene rings is 2. The summed E-state index contributed by atoms with van der Waals surface area (Å²) in [6.45, 7) is 1.47. The number of fused-ring (bicyclic) bond motifs is 1. The third-order valence-corrected chi connectivity index (χ3v) is 5.55. The van der Waals surface area contributed by atoms with Crippen molar-refractivity contribution in [3.8, 4) is 5.75 Å². The van der Waals surface area contributed by atoms with Gasteiger partial charge in [0.05, 0.1) is 42.1 Å². The van der Waals surface area contributed by atoms with Crippen LogP contribution in [-0.4, -0.2) is 43.3 Å². The van der Waals surface area contributed by atoms with Gasteiger partial charge >= 0.3 is 18.0 Å². The number of methoxy groups -OCH3 is 1. The predicted octanol–water partition coefficient (Wildman–Crippen LogP) is 3.92. The molecular formula is C25H22ClN3O6. The van der Waals surface area contributed by atoms with Crippen molar-refractivity contribution >= 4 is 40.5 Å². The SMILES string of the molecule is CCOC(=O)C1=C(COC(=O)c2ccc3nc(Cl)ccc3c2)NC(=O)NC1c1ccc(OC)cc1. The molecule has 1 atom stereocenters. The van der Waals surface area contributed by atoms with E-state index >= 15 is 0 Å². The normalized spacial score (nSPS) is 15.3. The lowest BCUT2D eigenvalue weighted by Crippen LogP contribution is -2.47. The first kappa shape index (κ1) is 24.0. The van der Waals surface area contributed by atoms with Gasteiger partial charge in [0.1, 0.15) is 17.5 Å². The van der Waals surface area contributed by atoms with Crippen molar-refractivity contribution in [3.05, 3.63) is 82.1 Å². The number of nitrogens with zero attached hydrogens (tertiary/aromatic N) is 1. The molecule has 2 N–H and O–H groups in total. The molecule has 0 bridgehead atoms. The first-order valence-corrected chi connectivity index (χ1v) is 11.1. The molecule has 0 aliphatic carbocycles. The molecule has 9 nitrogen and oxygen atoms in total. The number of nitrogens with one attached hydrogen (secondary N) is 2. The van der Waals surface area contributed by atoms with Gasteiger partial charge < -0.3 is 24.8 Å². The van der Waals surface area contributed by atoms with Crippen LogP contribution in [0.25, 0.3) is 10.9 Å². The molecular weight excluding hydrogens is 474 g/mol. The lowest BCUT2D eigenvalue weighted by Gasteiger charge is -2.29. The van der Waals surface area contributed by atoms with Gasteiger partial charge in [0, 0.05) is 5.39 Å². The summed E-state index contributed by atoms with van der Waals surface area (Å²) in [6, 6.07) is 13.8. The van der Waals surface area contributed by atoms with Crippen molar-refractivity contribution < 1.29 is 28.6 Å². The van der Waals surface area contributed by atoms with Crippen LogP contribution in [0.1, 0.15) is 28.9 Å². The molecule has 1 unspecified atom stereocenters. The van der Waals surface area contributed by atoms with Gasteiger partial charge in [-0.1, -0.05) is 23.7 Å². The molecule has 1 aromatic heterocycles. The Morgan fingerprint density at radius 2 is 1.80 bits per heavy atom. The number of esters is 2. The van der Waals surface area contributed by atoms with Crippen molar-refractivity contribution in [3.63, 3.8) is 0 Å². The molecule has 0 saturated carbocycles. The van der Waals surface area contributed by atoms with Crippen LogP contribution in [0, 0.1) is 0 Å². The first-order chi connectivity index (χ1) is 16.9. The summed E-state index contributed by atoms with van der Waals surface area (Å²) in [7, 11) is 1.54. The second kappa shape index (κ2) is 10.4. The summed E-state index contributed by atoms with van der Waals surface area (Å²) in [5.74, 6) is -0.649. The summed E-state index contributed by atoms with van der Waals surface area (Å²) < 4.78 is 15.9. The van der Waals surface area contributed by atoms with Crippen LogP contribution in [0.3, 0.4) is 0 Å². The highest BCUT2D eigenvalue weighted by Crippen LogP contribution is 2.29. The molecule has 3 aromatic rings. The lowest BCUT2D eigenvalue weighted by molar-refractivity contribution is -0.139. The number of ether oxygens (including phenoxy) is 3. The predicted molar refractivity (Wildman–Crippen MR) is 128 cm³/mol. The number of hydrogen-bond acceptors (Lipinski definition) is 7. The monoisotopic (exact) mass is 495 g/mol. The number of amides is 2. The Bertz CT molecular complexity index is 1320. The molecule has 2 amide bonds. The highest BCUT2D eigenvalue weighted by atomic mass is 35.5. The van der Waals surface area contributed by atoms with Crippen LogP contribution in [0.5, 0.6) is 5.75 Å². The Hall–Kier alpha value is -4.11. The number of urea groups is 1. The molecule has 10 heteroatoms.